The van der Waals surface area contributed by atoms with Crippen molar-refractivity contribution >= 4 is 63.7 Å². The maximum atomic E-state index is 10.7. The number of hydrogen-bond acceptors (Lipinski definition) is 9. The van der Waals surface area contributed by atoms with Gasteiger partial charge < -0.3 is 43.4 Å². The molecule has 1 heterocycles. The molecule has 0 aromatic heterocycles. The Kier molecular flexibility index (Phi) is 19.7. The molecule has 13 heteroatoms. The molecule has 2 aliphatic rings. The molecule has 3 atom stereocenters. The maximum Gasteiger partial charge on any atom is 0.147 e. The Hall–Kier alpha value is -3.92. The van der Waals surface area contributed by atoms with Crippen LogP contribution in [0.1, 0.15) is 93.3 Å². The van der Waals surface area contributed by atoms with E-state index in [0.29, 0.717) is 18.1 Å². The second kappa shape index (κ2) is 25.3. The number of halogens is 4. The van der Waals surface area contributed by atoms with Gasteiger partial charge in [0.25, 0.3) is 0 Å². The number of benzene rings is 6. The van der Waals surface area contributed by atoms with Crippen molar-refractivity contribution in [3.63, 3.8) is 0 Å². The molecule has 6 aromatic rings. The third kappa shape index (κ3) is 15.6. The lowest BCUT2D eigenvalue weighted by Crippen LogP contribution is -2.25. The minimum Gasteiger partial charge on any atom is -0.493 e. The molecule has 3 unspecified atom stereocenters. The predicted molar refractivity (Wildman–Crippen MR) is 304 cm³/mol. The molecule has 73 heavy (non-hydrogen) atoms. The Morgan fingerprint density at radius 3 is 1.18 bits per heavy atom. The zero-order valence-corrected chi connectivity index (χ0v) is 49.3. The molecular weight excluding hydrogens is 1180 g/mol. The Labute approximate surface area is 465 Å². The van der Waals surface area contributed by atoms with E-state index >= 15 is 0 Å². The van der Waals surface area contributed by atoms with Gasteiger partial charge >= 0.3 is 0 Å². The number of aliphatic hydroxyl groups excluding tert-OH is 2. The minimum atomic E-state index is -0.819. The Balaban J connectivity index is 0.000000245. The first-order valence-corrected chi connectivity index (χ1v) is 27.9. The number of aliphatic hydroxyl groups is 2. The van der Waals surface area contributed by atoms with Crippen LogP contribution in [0.4, 0.5) is 0 Å². The van der Waals surface area contributed by atoms with Crippen LogP contribution in [0.3, 0.4) is 0 Å². The molecule has 1 aliphatic carbocycles. The quantitative estimate of drug-likeness (QED) is 0.0606. The van der Waals surface area contributed by atoms with E-state index in [1.54, 1.807) is 7.11 Å². The molecule has 0 spiro atoms. The molecule has 1 aliphatic heterocycles. The van der Waals surface area contributed by atoms with E-state index in [9.17, 15) is 10.2 Å². The monoisotopic (exact) mass is 1250 g/mol. The van der Waals surface area contributed by atoms with Crippen molar-refractivity contribution in [3.8, 4) is 28.7 Å². The van der Waals surface area contributed by atoms with Gasteiger partial charge in [0.15, 0.2) is 0 Å². The van der Waals surface area contributed by atoms with Crippen molar-refractivity contribution in [2.45, 2.75) is 95.9 Å². The summed E-state index contributed by atoms with van der Waals surface area (Å²) in [5.41, 5.74) is 7.65. The largest absolute Gasteiger partial charge is 0.493 e. The fraction of sp³-hybridized carbons (Fsp3) is 0.400. The topological polar surface area (TPSA) is 108 Å². The van der Waals surface area contributed by atoms with Gasteiger partial charge in [0, 0.05) is 32.3 Å². The fourth-order valence-corrected chi connectivity index (χ4v) is 10.7. The summed E-state index contributed by atoms with van der Waals surface area (Å²) in [5.74, 6) is 4.62. The first kappa shape index (κ1) is 56.8. The Morgan fingerprint density at radius 1 is 0.479 bits per heavy atom. The lowest BCUT2D eigenvalue weighted by atomic mass is 9.78. The average molecular weight is 1250 g/mol. The van der Waals surface area contributed by atoms with Gasteiger partial charge in [-0.05, 0) is 169 Å². The summed E-state index contributed by atoms with van der Waals surface area (Å²) in [6.45, 7) is 18.2. The number of rotatable bonds is 23. The molecule has 2 fully saturated rings. The molecule has 9 nitrogen and oxygen atoms in total. The Bertz CT molecular complexity index is 2670. The van der Waals surface area contributed by atoms with Gasteiger partial charge in [-0.25, -0.2) is 0 Å². The Morgan fingerprint density at radius 2 is 0.808 bits per heavy atom. The zero-order valence-electron chi connectivity index (χ0n) is 43.0. The molecule has 0 amide bonds. The van der Waals surface area contributed by atoms with E-state index in [-0.39, 0.29) is 48.8 Å². The lowest BCUT2D eigenvalue weighted by molar-refractivity contribution is 0.0325. The smallest absolute Gasteiger partial charge is 0.147 e. The molecule has 2 N–H and O–H groups in total. The number of epoxide rings is 1. The van der Waals surface area contributed by atoms with Crippen molar-refractivity contribution in [3.05, 3.63) is 178 Å². The van der Waals surface area contributed by atoms with Crippen LogP contribution in [0, 0.1) is 12.8 Å². The van der Waals surface area contributed by atoms with Crippen LogP contribution in [-0.4, -0.2) is 81.9 Å². The summed E-state index contributed by atoms with van der Waals surface area (Å²) < 4.78 is 43.0. The standard InChI is InChI=1S/C37H38Br4O5.C23H30O4/c1-22-31(38)14-25(15-32(22)39)37(4,5)26-16-33(40)35(34(41)17-26)46-19-27(42)18-43-28-10-6-23(7-11-28)36(2,3)24-8-12-29(13-9-24)44-20-30-21-45-30;1-23(2,18-6-10-21(11-7-18)26-14-17-4-5-17)19-8-12-22(13-9-19)27-16-20(24)15-25-3/h6-17,27,30,42H,18-21H2,1-5H3;6-13,17,20,24H,4-5,14-16H2,1-3H3. The highest BCUT2D eigenvalue weighted by molar-refractivity contribution is 9.11. The first-order chi connectivity index (χ1) is 34.7. The molecule has 390 valence electrons. The van der Waals surface area contributed by atoms with E-state index in [4.69, 9.17) is 33.2 Å². The second-order valence-corrected chi connectivity index (χ2v) is 23.9. The van der Waals surface area contributed by atoms with Crippen molar-refractivity contribution in [2.75, 3.05) is 53.4 Å². The maximum absolute atomic E-state index is 10.7. The van der Waals surface area contributed by atoms with Crippen molar-refractivity contribution in [2.24, 2.45) is 5.92 Å². The van der Waals surface area contributed by atoms with E-state index < -0.39 is 12.2 Å². The molecule has 8 rings (SSSR count). The van der Waals surface area contributed by atoms with E-state index in [1.165, 1.54) is 35.1 Å². The van der Waals surface area contributed by atoms with Crippen LogP contribution in [-0.2, 0) is 25.7 Å². The van der Waals surface area contributed by atoms with Crippen LogP contribution in [0.25, 0.3) is 0 Å². The highest BCUT2D eigenvalue weighted by Crippen LogP contribution is 2.43. The van der Waals surface area contributed by atoms with E-state index in [1.807, 2.05) is 36.4 Å². The highest BCUT2D eigenvalue weighted by atomic mass is 79.9. The van der Waals surface area contributed by atoms with Crippen LogP contribution in [0.15, 0.2) is 139 Å². The summed E-state index contributed by atoms with van der Waals surface area (Å²) in [6, 6.07) is 41.2. The van der Waals surface area contributed by atoms with Gasteiger partial charge in [-0.1, -0.05) is 122 Å². The number of methoxy groups -OCH3 is 1. The van der Waals surface area contributed by atoms with Crippen molar-refractivity contribution in [1.82, 2.24) is 0 Å². The summed E-state index contributed by atoms with van der Waals surface area (Å²) in [7, 11) is 1.56. The van der Waals surface area contributed by atoms with Crippen molar-refractivity contribution in [1.29, 1.82) is 0 Å². The normalized spacial score (nSPS) is 15.4. The van der Waals surface area contributed by atoms with E-state index in [0.717, 1.165) is 71.0 Å². The van der Waals surface area contributed by atoms with Gasteiger partial charge in [0.1, 0.15) is 73.5 Å². The van der Waals surface area contributed by atoms with Crippen LogP contribution in [0.2, 0.25) is 0 Å². The molecular formula is C60H68Br4O9. The van der Waals surface area contributed by atoms with Crippen LogP contribution < -0.4 is 23.7 Å². The molecule has 6 aromatic carbocycles. The van der Waals surface area contributed by atoms with Gasteiger partial charge in [-0.2, -0.15) is 0 Å². The highest BCUT2D eigenvalue weighted by Gasteiger charge is 2.29. The SMILES string of the molecule is COCC(O)COc1ccc(C(C)(C)c2ccc(OCC3CC3)cc2)cc1.Cc1c(Br)cc(C(C)(C)c2cc(Br)c(OCC(O)COc3ccc(C(C)(C)c4ccc(OCC5CO5)cc4)cc3)c(Br)c2)cc1Br. The van der Waals surface area contributed by atoms with Gasteiger partial charge in [0.2, 0.25) is 0 Å². The third-order valence-electron chi connectivity index (χ3n) is 13.7. The van der Waals surface area contributed by atoms with E-state index in [2.05, 4.69) is 197 Å². The lowest BCUT2D eigenvalue weighted by Gasteiger charge is -2.28. The molecule has 0 radical (unpaired) electrons. The summed E-state index contributed by atoms with van der Waals surface area (Å²) >= 11 is 14.7. The van der Waals surface area contributed by atoms with Gasteiger partial charge in [-0.3, -0.25) is 0 Å². The van der Waals surface area contributed by atoms with Gasteiger partial charge in [-0.15, -0.1) is 0 Å². The zero-order chi connectivity index (χ0) is 52.5. The predicted octanol–water partition coefficient (Wildman–Crippen LogP) is 14.5. The molecule has 1 saturated carbocycles. The van der Waals surface area contributed by atoms with Crippen LogP contribution in [0.5, 0.6) is 28.7 Å². The van der Waals surface area contributed by atoms with Crippen molar-refractivity contribution < 1.29 is 43.4 Å². The average Bonchev–Trinajstić information content (AvgIpc) is 4.33. The number of hydrogen-bond donors (Lipinski definition) is 2. The third-order valence-corrected chi connectivity index (χ3v) is 16.5. The van der Waals surface area contributed by atoms with Gasteiger partial charge in [0.05, 0.1) is 28.8 Å². The summed E-state index contributed by atoms with van der Waals surface area (Å²) in [4.78, 5) is 0. The summed E-state index contributed by atoms with van der Waals surface area (Å²) in [5, 5.41) is 20.4. The second-order valence-electron chi connectivity index (χ2n) is 20.5. The molecule has 0 bridgehead atoms. The summed E-state index contributed by atoms with van der Waals surface area (Å²) in [6.07, 6.45) is 1.40. The minimum absolute atomic E-state index is 0.0797. The fourth-order valence-electron chi connectivity index (χ4n) is 8.14. The number of ether oxygens (including phenoxy) is 7. The first-order valence-electron chi connectivity index (χ1n) is 24.7. The molecule has 1 saturated heterocycles. The van der Waals surface area contributed by atoms with Crippen LogP contribution >= 0.6 is 63.7 Å².